The van der Waals surface area contributed by atoms with Gasteiger partial charge in [-0.3, -0.25) is 29.4 Å². The molecule has 2 fully saturated rings. The third-order valence-corrected chi connectivity index (χ3v) is 11.0. The van der Waals surface area contributed by atoms with Crippen molar-refractivity contribution in [2.24, 2.45) is 7.05 Å². The third kappa shape index (κ3) is 8.37. The van der Waals surface area contributed by atoms with Gasteiger partial charge < -0.3 is 29.7 Å². The molecule has 0 saturated carbocycles. The van der Waals surface area contributed by atoms with Gasteiger partial charge in [-0.25, -0.2) is 9.97 Å². The minimum Gasteiger partial charge on any atom is -0.492 e. The van der Waals surface area contributed by atoms with Crippen molar-refractivity contribution >= 4 is 35.0 Å². The standard InChI is InChI=1S/C42H45N11O5/c1-27(46-40(55)29-6-3-7-31(21-29)44-24-37-48-49-39(50(37)2)35-13-14-43-26-45-35)28-5-4-8-33(23-28)58-20-19-51-15-17-52(18-16-51)32-9-10-34-30(22-32)25-53(42(34)57)36-11-12-38(54)47-41(36)56/h3-10,13-14,21-23,26-27,36,44H,11-12,15-20,24-25H2,1-2H3,(H,46,55)(H,47,54,56)/t27-,36?/m1/s1. The maximum atomic E-state index is 13.3. The summed E-state index contributed by atoms with van der Waals surface area (Å²) in [6.07, 6.45) is 3.73. The summed E-state index contributed by atoms with van der Waals surface area (Å²) in [6, 6.07) is 22.0. The number of piperidine rings is 1. The van der Waals surface area contributed by atoms with Crippen LogP contribution in [0, 0.1) is 0 Å². The van der Waals surface area contributed by atoms with E-state index in [-0.39, 0.29) is 30.2 Å². The number of piperazine rings is 1. The number of carbonyl (C=O) groups excluding carboxylic acids is 4. The number of hydrogen-bond donors (Lipinski definition) is 3. The van der Waals surface area contributed by atoms with E-state index in [1.807, 2.05) is 73.1 Å². The molecule has 0 radical (unpaired) electrons. The number of rotatable bonds is 13. The lowest BCUT2D eigenvalue weighted by atomic mass is 10.0. The van der Waals surface area contributed by atoms with E-state index in [4.69, 9.17) is 4.74 Å². The first kappa shape index (κ1) is 38.2. The highest BCUT2D eigenvalue weighted by molar-refractivity contribution is 6.05. The van der Waals surface area contributed by atoms with Gasteiger partial charge in [0, 0.05) is 81.4 Å². The van der Waals surface area contributed by atoms with Gasteiger partial charge in [-0.15, -0.1) is 10.2 Å². The maximum Gasteiger partial charge on any atom is 0.255 e. The van der Waals surface area contributed by atoms with Crippen LogP contribution < -0.4 is 25.6 Å². The van der Waals surface area contributed by atoms with Crippen LogP contribution in [0.15, 0.2) is 85.3 Å². The van der Waals surface area contributed by atoms with Gasteiger partial charge in [0.15, 0.2) is 11.6 Å². The van der Waals surface area contributed by atoms with E-state index in [0.717, 1.165) is 66.8 Å². The minimum atomic E-state index is -0.619. The molecule has 2 aromatic heterocycles. The van der Waals surface area contributed by atoms with Crippen LogP contribution in [0.4, 0.5) is 11.4 Å². The van der Waals surface area contributed by atoms with Crippen molar-refractivity contribution in [3.63, 3.8) is 0 Å². The molecule has 2 saturated heterocycles. The lowest BCUT2D eigenvalue weighted by Crippen LogP contribution is -2.52. The van der Waals surface area contributed by atoms with E-state index >= 15 is 0 Å². The van der Waals surface area contributed by atoms with Crippen molar-refractivity contribution < 1.29 is 23.9 Å². The van der Waals surface area contributed by atoms with E-state index in [9.17, 15) is 19.2 Å². The molecule has 5 heterocycles. The number of fused-ring (bicyclic) bond motifs is 1. The lowest BCUT2D eigenvalue weighted by Gasteiger charge is -2.36. The van der Waals surface area contributed by atoms with Crippen molar-refractivity contribution in [3.8, 4) is 17.3 Å². The van der Waals surface area contributed by atoms with Crippen LogP contribution in [-0.2, 0) is 29.7 Å². The Morgan fingerprint density at radius 3 is 2.64 bits per heavy atom. The van der Waals surface area contributed by atoms with E-state index in [2.05, 4.69) is 52.0 Å². The zero-order valence-electron chi connectivity index (χ0n) is 32.4. The molecule has 3 aliphatic heterocycles. The Morgan fingerprint density at radius 1 is 0.983 bits per heavy atom. The zero-order valence-corrected chi connectivity index (χ0v) is 32.4. The molecule has 3 N–H and O–H groups in total. The van der Waals surface area contributed by atoms with Crippen LogP contribution in [0.5, 0.6) is 5.75 Å². The van der Waals surface area contributed by atoms with Gasteiger partial charge in [-0.1, -0.05) is 18.2 Å². The Morgan fingerprint density at radius 2 is 1.83 bits per heavy atom. The Bertz CT molecular complexity index is 2330. The van der Waals surface area contributed by atoms with Crippen LogP contribution in [0.25, 0.3) is 11.5 Å². The summed E-state index contributed by atoms with van der Waals surface area (Å²) >= 11 is 0. The summed E-state index contributed by atoms with van der Waals surface area (Å²) in [4.78, 5) is 65.0. The summed E-state index contributed by atoms with van der Waals surface area (Å²) in [5.41, 5.74) is 5.53. The third-order valence-electron chi connectivity index (χ3n) is 11.0. The van der Waals surface area contributed by atoms with Crippen molar-refractivity contribution in [2.45, 2.75) is 44.9 Å². The fourth-order valence-corrected chi connectivity index (χ4v) is 7.63. The molecule has 8 rings (SSSR count). The first-order chi connectivity index (χ1) is 28.2. The van der Waals surface area contributed by atoms with Crippen LogP contribution in [0.2, 0.25) is 0 Å². The molecular weight excluding hydrogens is 739 g/mol. The number of aromatic nitrogens is 5. The molecule has 3 aromatic carbocycles. The Labute approximate surface area is 335 Å². The van der Waals surface area contributed by atoms with Crippen LogP contribution in [-0.4, -0.2) is 104 Å². The van der Waals surface area contributed by atoms with Gasteiger partial charge in [-0.05, 0) is 79.1 Å². The average Bonchev–Trinajstić information content (AvgIpc) is 3.78. The normalized spacial score (nSPS) is 17.5. The second kappa shape index (κ2) is 16.8. The molecule has 1 unspecified atom stereocenters. The number of benzene rings is 3. The van der Waals surface area contributed by atoms with Gasteiger partial charge in [0.1, 0.15) is 30.4 Å². The summed E-state index contributed by atoms with van der Waals surface area (Å²) in [6.45, 7) is 7.43. The fraction of sp³-hybridized carbons (Fsp3) is 0.333. The highest BCUT2D eigenvalue weighted by Gasteiger charge is 2.39. The van der Waals surface area contributed by atoms with Crippen LogP contribution in [0.1, 0.15) is 63.5 Å². The Balaban J connectivity index is 0.782. The Hall–Kier alpha value is -6.68. The predicted octanol–water partition coefficient (Wildman–Crippen LogP) is 3.34. The van der Waals surface area contributed by atoms with Gasteiger partial charge in [0.05, 0.1) is 12.6 Å². The van der Waals surface area contributed by atoms with E-state index in [0.29, 0.717) is 48.8 Å². The SMILES string of the molecule is C[C@@H](NC(=O)c1cccc(NCc2nnc(-c3ccncn3)n2C)c1)c1cccc(OCCN2CCN(c3ccc4c(c3)CN(C3CCC(=O)NC3=O)C4=O)CC2)c1. The van der Waals surface area contributed by atoms with Gasteiger partial charge in [-0.2, -0.15) is 0 Å². The maximum absolute atomic E-state index is 13.3. The number of nitrogens with one attached hydrogen (secondary N) is 3. The molecule has 16 heteroatoms. The van der Waals surface area contributed by atoms with Crippen molar-refractivity contribution in [3.05, 3.63) is 113 Å². The summed E-state index contributed by atoms with van der Waals surface area (Å²) in [5, 5.41) is 17.4. The molecule has 4 amide bonds. The smallest absolute Gasteiger partial charge is 0.255 e. The first-order valence-electron chi connectivity index (χ1n) is 19.5. The minimum absolute atomic E-state index is 0.160. The largest absolute Gasteiger partial charge is 0.492 e. The number of nitrogens with zero attached hydrogens (tertiary/aromatic N) is 8. The number of anilines is 2. The zero-order chi connectivity index (χ0) is 40.2. The van der Waals surface area contributed by atoms with Gasteiger partial charge in [0.25, 0.3) is 11.8 Å². The molecule has 0 bridgehead atoms. The second-order valence-corrected chi connectivity index (χ2v) is 14.7. The van der Waals surface area contributed by atoms with E-state index < -0.39 is 11.9 Å². The van der Waals surface area contributed by atoms with Crippen LogP contribution >= 0.6 is 0 Å². The predicted molar refractivity (Wildman–Crippen MR) is 215 cm³/mol. The number of amides is 4. The summed E-state index contributed by atoms with van der Waals surface area (Å²) in [7, 11) is 1.88. The van der Waals surface area contributed by atoms with Crippen LogP contribution in [0.3, 0.4) is 0 Å². The van der Waals surface area contributed by atoms with Gasteiger partial charge >= 0.3 is 0 Å². The molecule has 3 aliphatic rings. The topological polar surface area (TPSA) is 180 Å². The highest BCUT2D eigenvalue weighted by atomic mass is 16.5. The fourth-order valence-electron chi connectivity index (χ4n) is 7.63. The molecule has 0 spiro atoms. The van der Waals surface area contributed by atoms with Crippen molar-refractivity contribution in [1.29, 1.82) is 0 Å². The number of imide groups is 1. The molecule has 58 heavy (non-hydrogen) atoms. The van der Waals surface area contributed by atoms with E-state index in [1.165, 1.54) is 6.33 Å². The van der Waals surface area contributed by atoms with E-state index in [1.54, 1.807) is 23.2 Å². The highest BCUT2D eigenvalue weighted by Crippen LogP contribution is 2.31. The quantitative estimate of drug-likeness (QED) is 0.149. The molecule has 2 atom stereocenters. The second-order valence-electron chi connectivity index (χ2n) is 14.7. The van der Waals surface area contributed by atoms with Crippen molar-refractivity contribution in [1.82, 2.24) is 45.2 Å². The number of carbonyl (C=O) groups is 4. The molecule has 298 valence electrons. The van der Waals surface area contributed by atoms with Gasteiger partial charge in [0.2, 0.25) is 11.8 Å². The lowest BCUT2D eigenvalue weighted by molar-refractivity contribution is -0.136. The Kier molecular flexibility index (Phi) is 11.1. The number of hydrogen-bond acceptors (Lipinski definition) is 12. The molecule has 0 aliphatic carbocycles. The van der Waals surface area contributed by atoms with Crippen molar-refractivity contribution in [2.75, 3.05) is 49.5 Å². The number of ether oxygens (including phenoxy) is 1. The average molecular weight is 784 g/mol. The molecular formula is C42H45N11O5. The summed E-state index contributed by atoms with van der Waals surface area (Å²) in [5.74, 6) is 1.07. The molecule has 5 aromatic rings. The molecule has 16 nitrogen and oxygen atoms in total. The first-order valence-corrected chi connectivity index (χ1v) is 19.5. The summed E-state index contributed by atoms with van der Waals surface area (Å²) < 4.78 is 8.04. The monoisotopic (exact) mass is 783 g/mol.